The Morgan fingerprint density at radius 2 is 1.48 bits per heavy atom. The number of carboxylic acids is 2. The fraction of sp³-hybridized carbons (Fsp3) is 0.688. The SMILES string of the molecule is C[C@H](NC(=O)[C@@H](N)CCCCN)C(=O)N[C@@H](CO)C(=O)N[C@@H](CC(=O)O)C(=O)O. The number of hydrogen-bond donors (Lipinski definition) is 8. The van der Waals surface area contributed by atoms with E-state index in [1.807, 2.05) is 5.32 Å². The Morgan fingerprint density at radius 1 is 0.897 bits per heavy atom. The number of amides is 3. The van der Waals surface area contributed by atoms with Crippen LogP contribution in [-0.4, -0.2) is 82.3 Å². The van der Waals surface area contributed by atoms with Crippen LogP contribution in [0, 0.1) is 0 Å². The molecule has 0 aliphatic carbocycles. The summed E-state index contributed by atoms with van der Waals surface area (Å²) < 4.78 is 0. The third kappa shape index (κ3) is 10.4. The first kappa shape index (κ1) is 26.2. The molecule has 13 nitrogen and oxygen atoms in total. The highest BCUT2D eigenvalue weighted by Gasteiger charge is 2.29. The number of aliphatic hydroxyl groups is 1. The predicted octanol–water partition coefficient (Wildman–Crippen LogP) is -3.53. The summed E-state index contributed by atoms with van der Waals surface area (Å²) in [5.74, 6) is -5.55. The fourth-order valence-corrected chi connectivity index (χ4v) is 2.16. The molecule has 4 atom stereocenters. The van der Waals surface area contributed by atoms with Crippen LogP contribution in [0.15, 0.2) is 0 Å². The minimum atomic E-state index is -1.74. The maximum atomic E-state index is 12.1. The predicted molar refractivity (Wildman–Crippen MR) is 99.3 cm³/mol. The lowest BCUT2D eigenvalue weighted by atomic mass is 10.1. The van der Waals surface area contributed by atoms with Gasteiger partial charge in [-0.3, -0.25) is 19.2 Å². The lowest BCUT2D eigenvalue weighted by Gasteiger charge is -2.22. The number of carboxylic acid groups (broad SMARTS) is 2. The summed E-state index contributed by atoms with van der Waals surface area (Å²) >= 11 is 0. The van der Waals surface area contributed by atoms with Crippen molar-refractivity contribution in [3.05, 3.63) is 0 Å². The van der Waals surface area contributed by atoms with Gasteiger partial charge in [-0.15, -0.1) is 0 Å². The van der Waals surface area contributed by atoms with Crippen LogP contribution in [0.25, 0.3) is 0 Å². The molecule has 0 aliphatic rings. The molecule has 0 aliphatic heterocycles. The van der Waals surface area contributed by atoms with Gasteiger partial charge in [-0.1, -0.05) is 6.42 Å². The van der Waals surface area contributed by atoms with E-state index in [0.717, 1.165) is 0 Å². The van der Waals surface area contributed by atoms with Gasteiger partial charge in [0.05, 0.1) is 19.1 Å². The summed E-state index contributed by atoms with van der Waals surface area (Å²) in [4.78, 5) is 57.8. The van der Waals surface area contributed by atoms with E-state index in [-0.39, 0.29) is 0 Å². The number of rotatable bonds is 14. The maximum Gasteiger partial charge on any atom is 0.326 e. The molecule has 0 radical (unpaired) electrons. The van der Waals surface area contributed by atoms with Crippen molar-refractivity contribution in [1.82, 2.24) is 16.0 Å². The van der Waals surface area contributed by atoms with E-state index >= 15 is 0 Å². The Balaban J connectivity index is 4.75. The number of aliphatic hydroxyl groups excluding tert-OH is 1. The van der Waals surface area contributed by atoms with Crippen molar-refractivity contribution in [1.29, 1.82) is 0 Å². The molecule has 0 spiro atoms. The van der Waals surface area contributed by atoms with Gasteiger partial charge in [-0.25, -0.2) is 4.79 Å². The van der Waals surface area contributed by atoms with Crippen molar-refractivity contribution < 1.29 is 39.3 Å². The molecule has 166 valence electrons. The average Bonchev–Trinajstić information content (AvgIpc) is 2.64. The zero-order valence-corrected chi connectivity index (χ0v) is 16.1. The lowest BCUT2D eigenvalue weighted by molar-refractivity contribution is -0.147. The molecule has 0 bridgehead atoms. The largest absolute Gasteiger partial charge is 0.481 e. The number of carbonyl (C=O) groups is 5. The molecule has 13 heteroatoms. The molecule has 10 N–H and O–H groups in total. The molecule has 29 heavy (non-hydrogen) atoms. The quantitative estimate of drug-likeness (QED) is 0.129. The topological polar surface area (TPSA) is 234 Å². The minimum absolute atomic E-state index is 0.374. The zero-order valence-electron chi connectivity index (χ0n) is 16.1. The van der Waals surface area contributed by atoms with Gasteiger partial charge >= 0.3 is 11.9 Å². The second-order valence-corrected chi connectivity index (χ2v) is 6.36. The Kier molecular flexibility index (Phi) is 12.1. The van der Waals surface area contributed by atoms with Gasteiger partial charge in [0, 0.05) is 0 Å². The molecule has 0 fully saturated rings. The molecule has 0 rings (SSSR count). The summed E-state index contributed by atoms with van der Waals surface area (Å²) in [6, 6.07) is -5.23. The highest BCUT2D eigenvalue weighted by Crippen LogP contribution is 1.99. The number of carbonyl (C=O) groups excluding carboxylic acids is 3. The van der Waals surface area contributed by atoms with Gasteiger partial charge in [0.1, 0.15) is 18.1 Å². The van der Waals surface area contributed by atoms with Crippen LogP contribution >= 0.6 is 0 Å². The van der Waals surface area contributed by atoms with E-state index in [1.54, 1.807) is 0 Å². The monoisotopic (exact) mass is 419 g/mol. The summed E-state index contributed by atoms with van der Waals surface area (Å²) in [5.41, 5.74) is 11.1. The van der Waals surface area contributed by atoms with Gasteiger partial charge in [0.2, 0.25) is 17.7 Å². The van der Waals surface area contributed by atoms with E-state index < -0.39 is 66.9 Å². The Morgan fingerprint density at radius 3 is 1.97 bits per heavy atom. The van der Waals surface area contributed by atoms with Gasteiger partial charge in [0.25, 0.3) is 0 Å². The highest BCUT2D eigenvalue weighted by molar-refractivity contribution is 5.94. The van der Waals surface area contributed by atoms with E-state index in [9.17, 15) is 29.1 Å². The highest BCUT2D eigenvalue weighted by atomic mass is 16.4. The van der Waals surface area contributed by atoms with Crippen LogP contribution in [0.3, 0.4) is 0 Å². The van der Waals surface area contributed by atoms with Gasteiger partial charge < -0.3 is 42.7 Å². The molecule has 0 aromatic rings. The van der Waals surface area contributed by atoms with Crippen LogP contribution in [0.4, 0.5) is 0 Å². The summed E-state index contributed by atoms with van der Waals surface area (Å²) in [5, 5.41) is 33.3. The molecule has 0 aromatic heterocycles. The molecule has 3 amide bonds. The van der Waals surface area contributed by atoms with Gasteiger partial charge in [0.15, 0.2) is 0 Å². The third-order valence-electron chi connectivity index (χ3n) is 3.87. The van der Waals surface area contributed by atoms with E-state index in [1.165, 1.54) is 6.92 Å². The van der Waals surface area contributed by atoms with E-state index in [0.29, 0.717) is 25.8 Å². The van der Waals surface area contributed by atoms with Crippen LogP contribution < -0.4 is 27.4 Å². The van der Waals surface area contributed by atoms with Crippen LogP contribution in [-0.2, 0) is 24.0 Å². The van der Waals surface area contributed by atoms with Crippen molar-refractivity contribution >= 4 is 29.7 Å². The molecular formula is C16H29N5O8. The Hall–Kier alpha value is -2.77. The fourth-order valence-electron chi connectivity index (χ4n) is 2.16. The molecule has 0 heterocycles. The first-order chi connectivity index (χ1) is 13.5. The molecule has 0 saturated heterocycles. The number of nitrogens with one attached hydrogen (secondary N) is 3. The third-order valence-corrected chi connectivity index (χ3v) is 3.87. The van der Waals surface area contributed by atoms with Gasteiger partial charge in [-0.2, -0.15) is 0 Å². The molecular weight excluding hydrogens is 390 g/mol. The summed E-state index contributed by atoms with van der Waals surface area (Å²) in [6.07, 6.45) is 0.823. The van der Waals surface area contributed by atoms with E-state index in [2.05, 4.69) is 10.6 Å². The maximum absolute atomic E-state index is 12.1. The molecule has 0 saturated carbocycles. The smallest absolute Gasteiger partial charge is 0.326 e. The van der Waals surface area contributed by atoms with Crippen molar-refractivity contribution in [3.8, 4) is 0 Å². The first-order valence-corrected chi connectivity index (χ1v) is 8.95. The van der Waals surface area contributed by atoms with Crippen molar-refractivity contribution in [2.75, 3.05) is 13.2 Å². The lowest BCUT2D eigenvalue weighted by Crippen LogP contribution is -2.57. The molecule has 0 aromatic carbocycles. The average molecular weight is 419 g/mol. The zero-order chi connectivity index (χ0) is 22.6. The Labute approximate surface area is 167 Å². The van der Waals surface area contributed by atoms with Crippen LogP contribution in [0.1, 0.15) is 32.6 Å². The normalized spacial score (nSPS) is 14.8. The van der Waals surface area contributed by atoms with Crippen LogP contribution in [0.5, 0.6) is 0 Å². The number of nitrogens with two attached hydrogens (primary N) is 2. The summed E-state index contributed by atoms with van der Waals surface area (Å²) in [6.45, 7) is 0.917. The van der Waals surface area contributed by atoms with Crippen LogP contribution in [0.2, 0.25) is 0 Å². The Bertz CT molecular complexity index is 600. The standard InChI is InChI=1S/C16H29N5O8/c1-8(19-14(26)9(18)4-2-3-5-17)13(25)21-11(7-22)15(27)20-10(16(28)29)6-12(23)24/h8-11,22H,2-7,17-18H2,1H3,(H,19,26)(H,20,27)(H,21,25)(H,23,24)(H,28,29)/t8-,9-,10-,11-/m0/s1. The number of aliphatic carboxylic acids is 2. The van der Waals surface area contributed by atoms with Crippen molar-refractivity contribution in [2.24, 2.45) is 11.5 Å². The van der Waals surface area contributed by atoms with Crippen molar-refractivity contribution in [3.63, 3.8) is 0 Å². The van der Waals surface area contributed by atoms with Crippen molar-refractivity contribution in [2.45, 2.75) is 56.8 Å². The first-order valence-electron chi connectivity index (χ1n) is 8.95. The second-order valence-electron chi connectivity index (χ2n) is 6.36. The number of unbranched alkanes of at least 4 members (excludes halogenated alkanes) is 1. The number of hydrogen-bond acceptors (Lipinski definition) is 8. The second kappa shape index (κ2) is 13.4. The van der Waals surface area contributed by atoms with Gasteiger partial charge in [-0.05, 0) is 26.3 Å². The minimum Gasteiger partial charge on any atom is -0.481 e. The van der Waals surface area contributed by atoms with E-state index in [4.69, 9.17) is 21.7 Å². The molecule has 0 unspecified atom stereocenters. The summed E-state index contributed by atoms with van der Waals surface area (Å²) in [7, 11) is 0.